The fourth-order valence-electron chi connectivity index (χ4n) is 3.16. The van der Waals surface area contributed by atoms with Gasteiger partial charge in [0, 0.05) is 24.5 Å². The standard InChI is InChI=1S/C18H20N4OS.ClH/c1-12-15-11-16(17(23)21-9-7-13(19)8-10-21)24-18(15)22(20-12)14-5-3-2-4-6-14;/h2-6,11,13H,7-10,19H2,1H3;1H. The van der Waals surface area contributed by atoms with E-state index < -0.39 is 0 Å². The van der Waals surface area contributed by atoms with Gasteiger partial charge in [-0.15, -0.1) is 23.7 Å². The molecule has 3 heterocycles. The van der Waals surface area contributed by atoms with Gasteiger partial charge < -0.3 is 10.6 Å². The van der Waals surface area contributed by atoms with Crippen molar-refractivity contribution in [2.75, 3.05) is 13.1 Å². The SMILES string of the molecule is Cc1nn(-c2ccccc2)c2sc(C(=O)N3CCC(N)CC3)cc12.Cl. The van der Waals surface area contributed by atoms with E-state index in [1.54, 1.807) is 0 Å². The lowest BCUT2D eigenvalue weighted by Crippen LogP contribution is -2.42. The van der Waals surface area contributed by atoms with E-state index in [9.17, 15) is 4.79 Å². The van der Waals surface area contributed by atoms with Crippen molar-refractivity contribution in [2.24, 2.45) is 5.73 Å². The molecule has 1 aliphatic rings. The summed E-state index contributed by atoms with van der Waals surface area (Å²) in [4.78, 5) is 16.5. The molecule has 0 saturated carbocycles. The molecule has 3 aromatic rings. The maximum Gasteiger partial charge on any atom is 0.264 e. The highest BCUT2D eigenvalue weighted by atomic mass is 35.5. The number of rotatable bonds is 2. The molecule has 7 heteroatoms. The van der Waals surface area contributed by atoms with Crippen LogP contribution < -0.4 is 5.73 Å². The number of likely N-dealkylation sites (tertiary alicyclic amines) is 1. The van der Waals surface area contributed by atoms with Crippen LogP contribution in [0.2, 0.25) is 0 Å². The summed E-state index contributed by atoms with van der Waals surface area (Å²) in [5.74, 6) is 0.113. The Morgan fingerprint density at radius 2 is 1.92 bits per heavy atom. The van der Waals surface area contributed by atoms with Crippen molar-refractivity contribution in [3.63, 3.8) is 0 Å². The third-order valence-corrected chi connectivity index (χ3v) is 5.68. The molecule has 25 heavy (non-hydrogen) atoms. The number of thiophene rings is 1. The number of piperidine rings is 1. The Hall–Kier alpha value is -1.89. The van der Waals surface area contributed by atoms with Crippen molar-refractivity contribution >= 4 is 39.9 Å². The van der Waals surface area contributed by atoms with Crippen molar-refractivity contribution in [1.82, 2.24) is 14.7 Å². The molecule has 0 bridgehead atoms. The maximum atomic E-state index is 12.8. The van der Waals surface area contributed by atoms with E-state index in [0.29, 0.717) is 0 Å². The van der Waals surface area contributed by atoms with Crippen LogP contribution in [0.15, 0.2) is 36.4 Å². The molecule has 132 valence electrons. The molecule has 4 rings (SSSR count). The molecule has 1 aliphatic heterocycles. The summed E-state index contributed by atoms with van der Waals surface area (Å²) >= 11 is 1.52. The van der Waals surface area contributed by atoms with Gasteiger partial charge in [-0.25, -0.2) is 4.68 Å². The third-order valence-electron chi connectivity index (χ3n) is 4.58. The van der Waals surface area contributed by atoms with Gasteiger partial charge in [-0.1, -0.05) is 18.2 Å². The van der Waals surface area contributed by atoms with Crippen molar-refractivity contribution in [2.45, 2.75) is 25.8 Å². The summed E-state index contributed by atoms with van der Waals surface area (Å²) in [6.07, 6.45) is 1.76. The quantitative estimate of drug-likeness (QED) is 0.745. The average Bonchev–Trinajstić information content (AvgIpc) is 3.17. The lowest BCUT2D eigenvalue weighted by atomic mass is 10.1. The fourth-order valence-corrected chi connectivity index (χ4v) is 4.31. The number of benzene rings is 1. The number of para-hydroxylation sites is 1. The van der Waals surface area contributed by atoms with Gasteiger partial charge in [0.05, 0.1) is 16.3 Å². The number of nitrogens with two attached hydrogens (primary N) is 1. The zero-order valence-corrected chi connectivity index (χ0v) is 15.6. The Kier molecular flexibility index (Phi) is 5.13. The maximum absolute atomic E-state index is 12.8. The van der Waals surface area contributed by atoms with Gasteiger partial charge in [0.15, 0.2) is 0 Å². The molecule has 1 fully saturated rings. The second kappa shape index (κ2) is 7.15. The summed E-state index contributed by atoms with van der Waals surface area (Å²) in [6.45, 7) is 3.48. The fraction of sp³-hybridized carbons (Fsp3) is 0.333. The topological polar surface area (TPSA) is 64.2 Å². The molecule has 1 saturated heterocycles. The number of carbonyl (C=O) groups is 1. The van der Waals surface area contributed by atoms with Crippen LogP contribution in [0.3, 0.4) is 0 Å². The zero-order chi connectivity index (χ0) is 16.7. The van der Waals surface area contributed by atoms with E-state index in [4.69, 9.17) is 5.73 Å². The van der Waals surface area contributed by atoms with Crippen LogP contribution in [0.25, 0.3) is 15.9 Å². The number of nitrogens with zero attached hydrogens (tertiary/aromatic N) is 3. The van der Waals surface area contributed by atoms with Crippen LogP contribution >= 0.6 is 23.7 Å². The van der Waals surface area contributed by atoms with Crippen LogP contribution in [-0.2, 0) is 0 Å². The zero-order valence-electron chi connectivity index (χ0n) is 14.0. The van der Waals surface area contributed by atoms with Crippen LogP contribution in [0.4, 0.5) is 0 Å². The number of hydrogen-bond acceptors (Lipinski definition) is 4. The number of amides is 1. The minimum Gasteiger partial charge on any atom is -0.338 e. The third kappa shape index (κ3) is 3.29. The predicted molar refractivity (Wildman–Crippen MR) is 104 cm³/mol. The molecule has 2 N–H and O–H groups in total. The molecule has 2 aromatic heterocycles. The molecule has 5 nitrogen and oxygen atoms in total. The minimum absolute atomic E-state index is 0. The molecule has 1 amide bonds. The number of aromatic nitrogens is 2. The van der Waals surface area contributed by atoms with Gasteiger partial charge in [-0.2, -0.15) is 5.10 Å². The molecule has 1 aromatic carbocycles. The molecule has 0 aliphatic carbocycles. The number of hydrogen-bond donors (Lipinski definition) is 1. The summed E-state index contributed by atoms with van der Waals surface area (Å²) in [7, 11) is 0. The highest BCUT2D eigenvalue weighted by Gasteiger charge is 2.24. The minimum atomic E-state index is 0. The average molecular weight is 377 g/mol. The summed E-state index contributed by atoms with van der Waals surface area (Å²) in [5, 5.41) is 5.68. The summed E-state index contributed by atoms with van der Waals surface area (Å²) in [5.41, 5.74) is 7.90. The molecule has 0 atom stereocenters. The molecular weight excluding hydrogens is 356 g/mol. The monoisotopic (exact) mass is 376 g/mol. The largest absolute Gasteiger partial charge is 0.338 e. The Bertz CT molecular complexity index is 881. The lowest BCUT2D eigenvalue weighted by Gasteiger charge is -2.29. The van der Waals surface area contributed by atoms with Crippen molar-refractivity contribution in [1.29, 1.82) is 0 Å². The molecule has 0 radical (unpaired) electrons. The van der Waals surface area contributed by atoms with E-state index in [1.807, 2.05) is 52.9 Å². The Balaban J connectivity index is 0.00000182. The van der Waals surface area contributed by atoms with Gasteiger partial charge in [-0.3, -0.25) is 4.79 Å². The Morgan fingerprint density at radius 1 is 1.24 bits per heavy atom. The Labute approximate surface area is 156 Å². The number of carbonyl (C=O) groups excluding carboxylic acids is 1. The first-order valence-electron chi connectivity index (χ1n) is 8.23. The predicted octanol–water partition coefficient (Wildman–Crippen LogP) is 3.38. The molecule has 0 spiro atoms. The molecular formula is C18H21ClN4OS. The van der Waals surface area contributed by atoms with Crippen LogP contribution in [-0.4, -0.2) is 39.7 Å². The van der Waals surface area contributed by atoms with Gasteiger partial charge in [0.1, 0.15) is 4.83 Å². The molecule has 0 unspecified atom stereocenters. The van der Waals surface area contributed by atoms with Crippen LogP contribution in [0.1, 0.15) is 28.2 Å². The summed E-state index contributed by atoms with van der Waals surface area (Å²) < 4.78 is 1.93. The second-order valence-corrected chi connectivity index (χ2v) is 7.32. The van der Waals surface area contributed by atoms with Crippen molar-refractivity contribution < 1.29 is 4.79 Å². The highest BCUT2D eigenvalue weighted by Crippen LogP contribution is 2.31. The van der Waals surface area contributed by atoms with E-state index in [1.165, 1.54) is 11.3 Å². The Morgan fingerprint density at radius 3 is 2.60 bits per heavy atom. The smallest absolute Gasteiger partial charge is 0.264 e. The number of fused-ring (bicyclic) bond motifs is 1. The van der Waals surface area contributed by atoms with Crippen molar-refractivity contribution in [3.05, 3.63) is 47.0 Å². The van der Waals surface area contributed by atoms with Gasteiger partial charge in [0.2, 0.25) is 0 Å². The number of halogens is 1. The normalized spacial score (nSPS) is 15.4. The second-order valence-electron chi connectivity index (χ2n) is 6.29. The van der Waals surface area contributed by atoms with E-state index in [2.05, 4.69) is 5.10 Å². The van der Waals surface area contributed by atoms with Crippen LogP contribution in [0.5, 0.6) is 0 Å². The van der Waals surface area contributed by atoms with E-state index >= 15 is 0 Å². The van der Waals surface area contributed by atoms with Gasteiger partial charge in [0.25, 0.3) is 5.91 Å². The number of aryl methyl sites for hydroxylation is 1. The van der Waals surface area contributed by atoms with E-state index in [-0.39, 0.29) is 24.4 Å². The van der Waals surface area contributed by atoms with E-state index in [0.717, 1.165) is 52.4 Å². The van der Waals surface area contributed by atoms with Gasteiger partial charge in [-0.05, 0) is 38.0 Å². The first kappa shape index (κ1) is 17.9. The first-order valence-corrected chi connectivity index (χ1v) is 9.04. The lowest BCUT2D eigenvalue weighted by molar-refractivity contribution is 0.0720. The summed E-state index contributed by atoms with van der Waals surface area (Å²) in [6, 6.07) is 12.2. The van der Waals surface area contributed by atoms with Crippen molar-refractivity contribution in [3.8, 4) is 5.69 Å². The first-order chi connectivity index (χ1) is 11.6. The highest BCUT2D eigenvalue weighted by molar-refractivity contribution is 7.20. The van der Waals surface area contributed by atoms with Crippen LogP contribution in [0, 0.1) is 6.92 Å². The van der Waals surface area contributed by atoms with Gasteiger partial charge >= 0.3 is 0 Å².